The predicted molar refractivity (Wildman–Crippen MR) is 85.6 cm³/mol. The minimum Gasteiger partial charge on any atom is -0.368 e. The molecule has 0 aliphatic carbocycles. The molecule has 2 aromatic rings. The van der Waals surface area contributed by atoms with Crippen LogP contribution in [0.1, 0.15) is 49.3 Å². The molecule has 2 rings (SSSR count). The zero-order valence-electron chi connectivity index (χ0n) is 13.5. The summed E-state index contributed by atoms with van der Waals surface area (Å²) in [6.45, 7) is 10.5. The Balaban J connectivity index is 2.20. The molecule has 2 aromatic heterocycles. The van der Waals surface area contributed by atoms with Gasteiger partial charge in [0.15, 0.2) is 5.82 Å². The van der Waals surface area contributed by atoms with Gasteiger partial charge in [0.05, 0.1) is 12.1 Å². The standard InChI is InChI=1S/C16H25N5/c1-5-7-18-16-13(4)12(3)14(19-20-16)11-15-17-8-10-21(15)9-6-2/h8,10H,5-7,9,11H2,1-4H3,(H,18,20). The van der Waals surface area contributed by atoms with Gasteiger partial charge in [0.1, 0.15) is 5.82 Å². The Morgan fingerprint density at radius 1 is 1.10 bits per heavy atom. The molecule has 0 spiro atoms. The van der Waals surface area contributed by atoms with Crippen LogP contribution in [0.5, 0.6) is 0 Å². The average Bonchev–Trinajstić information content (AvgIpc) is 2.91. The van der Waals surface area contributed by atoms with E-state index in [1.54, 1.807) is 0 Å². The minimum absolute atomic E-state index is 0.737. The third kappa shape index (κ3) is 3.60. The van der Waals surface area contributed by atoms with Crippen LogP contribution in [0.15, 0.2) is 12.4 Å². The number of nitrogens with zero attached hydrogens (tertiary/aromatic N) is 4. The van der Waals surface area contributed by atoms with Crippen molar-refractivity contribution in [1.82, 2.24) is 19.7 Å². The molecule has 0 unspecified atom stereocenters. The lowest BCUT2D eigenvalue weighted by atomic mass is 10.1. The van der Waals surface area contributed by atoms with Crippen molar-refractivity contribution in [3.63, 3.8) is 0 Å². The van der Waals surface area contributed by atoms with Crippen molar-refractivity contribution in [2.24, 2.45) is 0 Å². The number of aryl methyl sites for hydroxylation is 1. The van der Waals surface area contributed by atoms with Crippen molar-refractivity contribution in [2.75, 3.05) is 11.9 Å². The molecule has 2 heterocycles. The van der Waals surface area contributed by atoms with E-state index < -0.39 is 0 Å². The van der Waals surface area contributed by atoms with Crippen molar-refractivity contribution in [2.45, 2.75) is 53.5 Å². The predicted octanol–water partition coefficient (Wildman–Crippen LogP) is 3.11. The molecule has 0 amide bonds. The molecule has 0 aliphatic rings. The number of aromatic nitrogens is 4. The Hall–Kier alpha value is -1.91. The molecule has 0 atom stereocenters. The van der Waals surface area contributed by atoms with Gasteiger partial charge in [0.25, 0.3) is 0 Å². The summed E-state index contributed by atoms with van der Waals surface area (Å²) in [5, 5.41) is 12.1. The third-order valence-electron chi connectivity index (χ3n) is 3.76. The zero-order valence-corrected chi connectivity index (χ0v) is 13.5. The lowest BCUT2D eigenvalue weighted by Crippen LogP contribution is -2.11. The molecule has 5 heteroatoms. The van der Waals surface area contributed by atoms with E-state index in [9.17, 15) is 0 Å². The molecule has 0 saturated carbocycles. The van der Waals surface area contributed by atoms with Crippen molar-refractivity contribution < 1.29 is 0 Å². The molecule has 1 N–H and O–H groups in total. The van der Waals surface area contributed by atoms with Gasteiger partial charge in [-0.05, 0) is 37.8 Å². The maximum Gasteiger partial charge on any atom is 0.151 e. The lowest BCUT2D eigenvalue weighted by molar-refractivity contribution is 0.642. The highest BCUT2D eigenvalue weighted by Gasteiger charge is 2.12. The molecule has 21 heavy (non-hydrogen) atoms. The summed E-state index contributed by atoms with van der Waals surface area (Å²) in [6, 6.07) is 0. The van der Waals surface area contributed by atoms with Crippen molar-refractivity contribution >= 4 is 5.82 Å². The highest BCUT2D eigenvalue weighted by molar-refractivity contribution is 5.47. The van der Waals surface area contributed by atoms with Crippen LogP contribution < -0.4 is 5.32 Å². The number of rotatable bonds is 7. The van der Waals surface area contributed by atoms with Crippen molar-refractivity contribution in [1.29, 1.82) is 0 Å². The summed E-state index contributed by atoms with van der Waals surface area (Å²) in [6.07, 6.45) is 6.81. The molecular formula is C16H25N5. The van der Waals surface area contributed by atoms with E-state index in [-0.39, 0.29) is 0 Å². The van der Waals surface area contributed by atoms with Gasteiger partial charge >= 0.3 is 0 Å². The van der Waals surface area contributed by atoms with Crippen LogP contribution in [-0.4, -0.2) is 26.3 Å². The maximum atomic E-state index is 4.45. The van der Waals surface area contributed by atoms with Crippen LogP contribution in [0, 0.1) is 13.8 Å². The molecule has 0 aromatic carbocycles. The van der Waals surface area contributed by atoms with Crippen LogP contribution in [-0.2, 0) is 13.0 Å². The van der Waals surface area contributed by atoms with E-state index in [0.717, 1.165) is 49.7 Å². The summed E-state index contributed by atoms with van der Waals surface area (Å²) in [7, 11) is 0. The molecule has 0 fully saturated rings. The second-order valence-electron chi connectivity index (χ2n) is 5.39. The normalized spacial score (nSPS) is 10.9. The van der Waals surface area contributed by atoms with Gasteiger partial charge in [-0.25, -0.2) is 4.98 Å². The van der Waals surface area contributed by atoms with Gasteiger partial charge in [-0.1, -0.05) is 13.8 Å². The van der Waals surface area contributed by atoms with Gasteiger partial charge in [0, 0.05) is 25.5 Å². The number of imidazole rings is 1. The van der Waals surface area contributed by atoms with E-state index in [1.807, 2.05) is 12.4 Å². The van der Waals surface area contributed by atoms with Crippen LogP contribution in [0.2, 0.25) is 0 Å². The van der Waals surface area contributed by atoms with Gasteiger partial charge in [-0.15, -0.1) is 5.10 Å². The van der Waals surface area contributed by atoms with E-state index in [1.165, 1.54) is 11.1 Å². The Labute approximate surface area is 126 Å². The summed E-state index contributed by atoms with van der Waals surface area (Å²) in [5.41, 5.74) is 3.40. The summed E-state index contributed by atoms with van der Waals surface area (Å²) < 4.78 is 2.19. The Bertz CT molecular complexity index is 588. The van der Waals surface area contributed by atoms with E-state index in [0.29, 0.717) is 0 Å². The second kappa shape index (κ2) is 7.20. The highest BCUT2D eigenvalue weighted by Crippen LogP contribution is 2.19. The monoisotopic (exact) mass is 287 g/mol. The number of anilines is 1. The van der Waals surface area contributed by atoms with Gasteiger partial charge in [-0.2, -0.15) is 5.10 Å². The van der Waals surface area contributed by atoms with Crippen LogP contribution in [0.3, 0.4) is 0 Å². The fraction of sp³-hybridized carbons (Fsp3) is 0.562. The van der Waals surface area contributed by atoms with Gasteiger partial charge in [0.2, 0.25) is 0 Å². The highest BCUT2D eigenvalue weighted by atomic mass is 15.2. The molecule has 0 saturated heterocycles. The number of hydrogen-bond acceptors (Lipinski definition) is 4. The molecule has 0 bridgehead atoms. The summed E-state index contributed by atoms with van der Waals surface area (Å²) >= 11 is 0. The van der Waals surface area contributed by atoms with E-state index in [2.05, 4.69) is 52.8 Å². The van der Waals surface area contributed by atoms with E-state index in [4.69, 9.17) is 0 Å². The van der Waals surface area contributed by atoms with Crippen LogP contribution in [0.25, 0.3) is 0 Å². The first-order valence-corrected chi connectivity index (χ1v) is 7.74. The van der Waals surface area contributed by atoms with Gasteiger partial charge < -0.3 is 9.88 Å². The second-order valence-corrected chi connectivity index (χ2v) is 5.39. The zero-order chi connectivity index (χ0) is 15.2. The number of nitrogens with one attached hydrogen (secondary N) is 1. The minimum atomic E-state index is 0.737. The third-order valence-corrected chi connectivity index (χ3v) is 3.76. The Morgan fingerprint density at radius 3 is 2.62 bits per heavy atom. The SMILES string of the molecule is CCCNc1nnc(Cc2nccn2CCC)c(C)c1C. The van der Waals surface area contributed by atoms with Crippen LogP contribution >= 0.6 is 0 Å². The first-order valence-electron chi connectivity index (χ1n) is 7.74. The smallest absolute Gasteiger partial charge is 0.151 e. The molecular weight excluding hydrogens is 262 g/mol. The molecule has 114 valence electrons. The fourth-order valence-electron chi connectivity index (χ4n) is 2.34. The van der Waals surface area contributed by atoms with Gasteiger partial charge in [-0.3, -0.25) is 0 Å². The maximum absolute atomic E-state index is 4.45. The largest absolute Gasteiger partial charge is 0.368 e. The first-order chi connectivity index (χ1) is 10.2. The molecule has 0 aliphatic heterocycles. The van der Waals surface area contributed by atoms with Crippen LogP contribution in [0.4, 0.5) is 5.82 Å². The molecule has 0 radical (unpaired) electrons. The topological polar surface area (TPSA) is 55.6 Å². The lowest BCUT2D eigenvalue weighted by Gasteiger charge is -2.13. The first kappa shape index (κ1) is 15.5. The Kier molecular flexibility index (Phi) is 5.31. The quantitative estimate of drug-likeness (QED) is 0.850. The van der Waals surface area contributed by atoms with Crippen molar-refractivity contribution in [3.8, 4) is 0 Å². The Morgan fingerprint density at radius 2 is 1.90 bits per heavy atom. The summed E-state index contributed by atoms with van der Waals surface area (Å²) in [4.78, 5) is 4.45. The average molecular weight is 287 g/mol. The number of hydrogen-bond donors (Lipinski definition) is 1. The fourth-order valence-corrected chi connectivity index (χ4v) is 2.34. The summed E-state index contributed by atoms with van der Waals surface area (Å²) in [5.74, 6) is 1.96. The van der Waals surface area contributed by atoms with E-state index >= 15 is 0 Å². The van der Waals surface area contributed by atoms with Crippen molar-refractivity contribution in [3.05, 3.63) is 35.0 Å². The molecule has 5 nitrogen and oxygen atoms in total.